The Bertz CT molecular complexity index is 953. The van der Waals surface area contributed by atoms with Crippen LogP contribution in [-0.4, -0.2) is 6.61 Å². The van der Waals surface area contributed by atoms with Crippen molar-refractivity contribution in [3.05, 3.63) is 76.8 Å². The summed E-state index contributed by atoms with van der Waals surface area (Å²) in [6.07, 6.45) is 1.82. The van der Waals surface area contributed by atoms with Crippen molar-refractivity contribution in [1.82, 2.24) is 0 Å². The number of fused-ring (bicyclic) bond motifs is 1. The zero-order valence-electron chi connectivity index (χ0n) is 13.3. The number of allylic oxidation sites excluding steroid dienone is 1. The molecule has 118 valence electrons. The largest absolute Gasteiger partial charge is 0.493 e. The summed E-state index contributed by atoms with van der Waals surface area (Å²) in [7, 11) is 0. The lowest BCUT2D eigenvalue weighted by molar-refractivity contribution is 0.339. The van der Waals surface area contributed by atoms with Crippen LogP contribution >= 0.6 is 11.6 Å². The molecule has 0 atom stereocenters. The van der Waals surface area contributed by atoms with Crippen LogP contribution in [-0.2, 0) is 0 Å². The molecule has 0 spiro atoms. The number of rotatable bonds is 4. The fraction of sp³-hybridized carbons (Fsp3) is 0.0952. The van der Waals surface area contributed by atoms with Crippen molar-refractivity contribution in [3.8, 4) is 11.8 Å². The lowest BCUT2D eigenvalue weighted by Gasteiger charge is -2.09. The molecule has 0 saturated carbocycles. The van der Waals surface area contributed by atoms with Crippen molar-refractivity contribution in [2.45, 2.75) is 6.92 Å². The molecule has 0 aliphatic carbocycles. The maximum absolute atomic E-state index is 9.61. The van der Waals surface area contributed by atoms with Crippen molar-refractivity contribution in [2.24, 2.45) is 0 Å². The number of nitrogens with zero attached hydrogens (tertiary/aromatic N) is 1. The number of benzene rings is 3. The highest BCUT2D eigenvalue weighted by Crippen LogP contribution is 2.28. The first-order valence-electron chi connectivity index (χ1n) is 7.74. The molecule has 3 heteroatoms. The number of hydrogen-bond donors (Lipinski definition) is 0. The Morgan fingerprint density at radius 1 is 1.08 bits per heavy atom. The van der Waals surface area contributed by atoms with E-state index in [1.54, 1.807) is 6.07 Å². The Hall–Kier alpha value is -2.76. The second-order valence-corrected chi connectivity index (χ2v) is 5.78. The third-order valence-corrected chi connectivity index (χ3v) is 3.99. The average molecular weight is 334 g/mol. The van der Waals surface area contributed by atoms with E-state index in [1.165, 1.54) is 0 Å². The van der Waals surface area contributed by atoms with Crippen molar-refractivity contribution in [2.75, 3.05) is 6.61 Å². The summed E-state index contributed by atoms with van der Waals surface area (Å²) < 4.78 is 5.63. The standard InChI is InChI=1S/C21H16ClNO/c1-2-24-21-10-9-20(22)13-18(21)12-19(14-23)17-8-7-15-5-3-4-6-16(15)11-17/h3-13H,2H2,1H3. The number of nitriles is 1. The monoisotopic (exact) mass is 333 g/mol. The lowest BCUT2D eigenvalue weighted by atomic mass is 10.00. The van der Waals surface area contributed by atoms with Crippen molar-refractivity contribution in [1.29, 1.82) is 5.26 Å². The zero-order valence-corrected chi connectivity index (χ0v) is 14.0. The van der Waals surface area contributed by atoms with Gasteiger partial charge in [-0.2, -0.15) is 5.26 Å². The molecular weight excluding hydrogens is 318 g/mol. The number of ether oxygens (including phenoxy) is 1. The van der Waals surface area contributed by atoms with Crippen molar-refractivity contribution < 1.29 is 4.74 Å². The Labute approximate surface area is 146 Å². The molecule has 3 aromatic carbocycles. The molecule has 0 unspecified atom stereocenters. The minimum absolute atomic E-state index is 0.556. The number of hydrogen-bond acceptors (Lipinski definition) is 2. The summed E-state index contributed by atoms with van der Waals surface area (Å²) in [5.41, 5.74) is 2.25. The second-order valence-electron chi connectivity index (χ2n) is 5.35. The highest BCUT2D eigenvalue weighted by atomic mass is 35.5. The van der Waals surface area contributed by atoms with Gasteiger partial charge >= 0.3 is 0 Å². The molecule has 0 aliphatic heterocycles. The van der Waals surface area contributed by atoms with E-state index in [2.05, 4.69) is 12.1 Å². The van der Waals surface area contributed by atoms with Crippen LogP contribution in [0, 0.1) is 11.3 Å². The topological polar surface area (TPSA) is 33.0 Å². The van der Waals surface area contributed by atoms with E-state index in [1.807, 2.05) is 61.5 Å². The summed E-state index contributed by atoms with van der Waals surface area (Å²) in [5, 5.41) is 12.5. The highest BCUT2D eigenvalue weighted by molar-refractivity contribution is 6.30. The van der Waals surface area contributed by atoms with Crippen molar-refractivity contribution >= 4 is 34.0 Å². The summed E-state index contributed by atoms with van der Waals surface area (Å²) >= 11 is 6.10. The third kappa shape index (κ3) is 3.42. The van der Waals surface area contributed by atoms with Crippen LogP contribution in [0.4, 0.5) is 0 Å². The van der Waals surface area contributed by atoms with Crippen LogP contribution in [0.15, 0.2) is 60.7 Å². The SMILES string of the molecule is CCOc1ccc(Cl)cc1C=C(C#N)c1ccc2ccccc2c1. The fourth-order valence-corrected chi connectivity index (χ4v) is 2.79. The van der Waals surface area contributed by atoms with E-state index in [9.17, 15) is 5.26 Å². The number of halogens is 1. The Morgan fingerprint density at radius 3 is 2.62 bits per heavy atom. The molecule has 0 N–H and O–H groups in total. The zero-order chi connectivity index (χ0) is 16.9. The summed E-state index contributed by atoms with van der Waals surface area (Å²) in [6.45, 7) is 2.48. The minimum atomic E-state index is 0.556. The lowest BCUT2D eigenvalue weighted by Crippen LogP contribution is -1.94. The quantitative estimate of drug-likeness (QED) is 0.436. The summed E-state index contributed by atoms with van der Waals surface area (Å²) in [5.74, 6) is 0.718. The first kappa shape index (κ1) is 16.1. The van der Waals surface area contributed by atoms with Gasteiger partial charge in [0.05, 0.1) is 18.2 Å². The maximum atomic E-state index is 9.61. The van der Waals surface area contributed by atoms with Crippen LogP contribution in [0.5, 0.6) is 5.75 Å². The van der Waals surface area contributed by atoms with E-state index in [-0.39, 0.29) is 0 Å². The van der Waals surface area contributed by atoms with Gasteiger partial charge in [-0.1, -0.05) is 48.0 Å². The Balaban J connectivity index is 2.09. The molecule has 3 rings (SSSR count). The molecule has 2 nitrogen and oxygen atoms in total. The summed E-state index contributed by atoms with van der Waals surface area (Å²) in [4.78, 5) is 0. The van der Waals surface area contributed by atoms with Gasteiger partial charge in [0, 0.05) is 10.6 Å². The van der Waals surface area contributed by atoms with Crippen molar-refractivity contribution in [3.63, 3.8) is 0 Å². The Morgan fingerprint density at radius 2 is 1.88 bits per heavy atom. The van der Waals surface area contributed by atoms with Gasteiger partial charge < -0.3 is 4.74 Å². The van der Waals surface area contributed by atoms with Crippen LogP contribution in [0.1, 0.15) is 18.1 Å². The first-order valence-corrected chi connectivity index (χ1v) is 8.12. The molecule has 0 radical (unpaired) electrons. The molecule has 24 heavy (non-hydrogen) atoms. The molecular formula is C21H16ClNO. The van der Waals surface area contributed by atoms with Gasteiger partial charge in [0.1, 0.15) is 5.75 Å². The van der Waals surface area contributed by atoms with E-state index in [0.717, 1.165) is 27.6 Å². The normalized spacial score (nSPS) is 11.3. The third-order valence-electron chi connectivity index (χ3n) is 3.75. The average Bonchev–Trinajstić information content (AvgIpc) is 2.61. The van der Waals surface area contributed by atoms with E-state index >= 15 is 0 Å². The van der Waals surface area contributed by atoms with Crippen LogP contribution in [0.25, 0.3) is 22.4 Å². The summed E-state index contributed by atoms with van der Waals surface area (Å²) in [6, 6.07) is 21.8. The van der Waals surface area contributed by atoms with Gasteiger partial charge in [-0.15, -0.1) is 0 Å². The Kier molecular flexibility index (Phi) is 4.84. The minimum Gasteiger partial charge on any atom is -0.493 e. The van der Waals surface area contributed by atoms with Gasteiger partial charge in [-0.3, -0.25) is 0 Å². The molecule has 0 fully saturated rings. The maximum Gasteiger partial charge on any atom is 0.126 e. The molecule has 0 heterocycles. The van der Waals surface area contributed by atoms with Gasteiger partial charge in [-0.25, -0.2) is 0 Å². The predicted molar refractivity (Wildman–Crippen MR) is 100 cm³/mol. The van der Waals surface area contributed by atoms with Gasteiger partial charge in [0.25, 0.3) is 0 Å². The molecule has 3 aromatic rings. The molecule has 0 aromatic heterocycles. The molecule has 0 amide bonds. The van der Waals surface area contributed by atoms with Gasteiger partial charge in [-0.05, 0) is 53.6 Å². The van der Waals surface area contributed by atoms with E-state index in [4.69, 9.17) is 16.3 Å². The van der Waals surface area contributed by atoms with Crippen LogP contribution in [0.2, 0.25) is 5.02 Å². The molecule has 0 aliphatic rings. The van der Waals surface area contributed by atoms with Crippen LogP contribution < -0.4 is 4.74 Å². The first-order chi connectivity index (χ1) is 11.7. The second kappa shape index (κ2) is 7.21. The predicted octanol–water partition coefficient (Wildman–Crippen LogP) is 5.96. The smallest absolute Gasteiger partial charge is 0.126 e. The van der Waals surface area contributed by atoms with Gasteiger partial charge in [0.2, 0.25) is 0 Å². The van der Waals surface area contributed by atoms with E-state index in [0.29, 0.717) is 17.2 Å². The fourth-order valence-electron chi connectivity index (χ4n) is 2.61. The molecule has 0 bridgehead atoms. The van der Waals surface area contributed by atoms with Crippen LogP contribution in [0.3, 0.4) is 0 Å². The molecule has 0 saturated heterocycles. The highest BCUT2D eigenvalue weighted by Gasteiger charge is 2.07. The van der Waals surface area contributed by atoms with E-state index < -0.39 is 0 Å². The van der Waals surface area contributed by atoms with Gasteiger partial charge in [0.15, 0.2) is 0 Å².